The van der Waals surface area contributed by atoms with Crippen molar-refractivity contribution in [2.45, 2.75) is 6.42 Å². The van der Waals surface area contributed by atoms with E-state index in [9.17, 15) is 4.79 Å². The fourth-order valence-corrected chi connectivity index (χ4v) is 2.03. The highest BCUT2D eigenvalue weighted by atomic mass is 32.2. The van der Waals surface area contributed by atoms with E-state index in [2.05, 4.69) is 23.6 Å². The Balaban J connectivity index is 4.82. The average Bonchev–Trinajstić information content (AvgIpc) is 2.52. The first-order chi connectivity index (χ1) is 10.5. The van der Waals surface area contributed by atoms with E-state index in [1.807, 2.05) is 0 Å². The van der Waals surface area contributed by atoms with Crippen LogP contribution >= 0.6 is 11.8 Å². The highest BCUT2D eigenvalue weighted by molar-refractivity contribution is 8.17. The molecule has 8 heteroatoms. The molecule has 0 fully saturated rings. The van der Waals surface area contributed by atoms with Crippen molar-refractivity contribution in [1.82, 2.24) is 10.2 Å². The molecule has 0 heterocycles. The fraction of sp³-hybridized carbons (Fsp3) is 0.214. The maximum atomic E-state index is 11.9. The molecule has 118 valence electrons. The van der Waals surface area contributed by atoms with Crippen molar-refractivity contribution in [3.05, 3.63) is 48.1 Å². The molecule has 0 aliphatic carbocycles. The van der Waals surface area contributed by atoms with E-state index < -0.39 is 0 Å². The van der Waals surface area contributed by atoms with Crippen LogP contribution in [-0.4, -0.2) is 29.6 Å². The van der Waals surface area contributed by atoms with Crippen LogP contribution in [0.3, 0.4) is 0 Å². The van der Waals surface area contributed by atoms with Crippen LogP contribution in [0.15, 0.2) is 53.2 Å². The first kappa shape index (κ1) is 19.3. The van der Waals surface area contributed by atoms with Gasteiger partial charge in [0.1, 0.15) is 0 Å². The van der Waals surface area contributed by atoms with Gasteiger partial charge in [-0.3, -0.25) is 9.69 Å². The number of amidine groups is 1. The van der Waals surface area contributed by atoms with Crippen molar-refractivity contribution >= 4 is 22.8 Å². The third kappa shape index (κ3) is 6.67. The van der Waals surface area contributed by atoms with Crippen LogP contribution < -0.4 is 16.9 Å². The molecule has 0 rings (SSSR count). The second-order valence-corrected chi connectivity index (χ2v) is 4.96. The molecule has 0 atom stereocenters. The molecular weight excluding hydrogens is 300 g/mol. The monoisotopic (exact) mass is 320 g/mol. The summed E-state index contributed by atoms with van der Waals surface area (Å²) in [6, 6.07) is 0. The van der Waals surface area contributed by atoms with Crippen LogP contribution in [0.5, 0.6) is 0 Å². The molecule has 0 aromatic rings. The van der Waals surface area contributed by atoms with Crippen molar-refractivity contribution in [3.63, 3.8) is 0 Å². The maximum Gasteiger partial charge on any atom is 0.230 e. The summed E-state index contributed by atoms with van der Waals surface area (Å²) in [6.07, 6.45) is 8.34. The number of thioether (sulfide) groups is 1. The molecule has 0 aromatic carbocycles. The van der Waals surface area contributed by atoms with Gasteiger partial charge in [-0.05, 0) is 11.8 Å². The lowest BCUT2D eigenvalue weighted by molar-refractivity contribution is -0.126. The summed E-state index contributed by atoms with van der Waals surface area (Å²) in [4.78, 5) is 13.8. The van der Waals surface area contributed by atoms with E-state index in [-0.39, 0.29) is 24.0 Å². The van der Waals surface area contributed by atoms with Crippen molar-refractivity contribution in [2.24, 2.45) is 16.7 Å². The van der Waals surface area contributed by atoms with Crippen LogP contribution in [0.4, 0.5) is 0 Å². The maximum absolute atomic E-state index is 11.9. The largest absolute Gasteiger partial charge is 0.404 e. The van der Waals surface area contributed by atoms with Gasteiger partial charge >= 0.3 is 0 Å². The highest BCUT2D eigenvalue weighted by Crippen LogP contribution is 2.25. The van der Waals surface area contributed by atoms with E-state index >= 15 is 0 Å². The number of amides is 1. The third-order valence-corrected chi connectivity index (χ3v) is 3.49. The number of rotatable bonds is 7. The summed E-state index contributed by atoms with van der Waals surface area (Å²) in [5, 5.41) is 14.7. The molecule has 0 spiro atoms. The van der Waals surface area contributed by atoms with Crippen molar-refractivity contribution in [3.8, 4) is 6.19 Å². The van der Waals surface area contributed by atoms with Gasteiger partial charge in [0.15, 0.2) is 11.4 Å². The summed E-state index contributed by atoms with van der Waals surface area (Å²) in [7, 11) is 1.55. The van der Waals surface area contributed by atoms with Crippen molar-refractivity contribution < 1.29 is 4.79 Å². The SMILES string of the molecule is C=C/C=C\C(=C/N)C(=C)S/C(=N\N)N(C)C(=O)CCNC#N. The van der Waals surface area contributed by atoms with E-state index in [1.54, 1.807) is 31.5 Å². The van der Waals surface area contributed by atoms with Gasteiger partial charge in [-0.15, -0.1) is 0 Å². The standard InChI is InChI=1S/C14H20N6OS/c1-4-5-6-12(9-15)11(2)22-14(19-17)20(3)13(21)7-8-18-10-16/h4-6,9,18H,1-2,7-8,15,17H2,3H3/b6-5-,12-9+,19-14-. The van der Waals surface area contributed by atoms with Crippen LogP contribution in [0.2, 0.25) is 0 Å². The number of hydrogen-bond donors (Lipinski definition) is 3. The minimum absolute atomic E-state index is 0.145. The predicted octanol–water partition coefficient (Wildman–Crippen LogP) is 0.967. The van der Waals surface area contributed by atoms with Gasteiger partial charge in [-0.1, -0.05) is 31.4 Å². The third-order valence-electron chi connectivity index (χ3n) is 2.44. The number of nitrogens with zero attached hydrogens (tertiary/aromatic N) is 3. The van der Waals surface area contributed by atoms with Gasteiger partial charge in [0.25, 0.3) is 0 Å². The quantitative estimate of drug-likeness (QED) is 0.0939. The number of hydrazone groups is 1. The molecule has 5 N–H and O–H groups in total. The zero-order chi connectivity index (χ0) is 17.0. The number of nitriles is 1. The molecule has 22 heavy (non-hydrogen) atoms. The van der Waals surface area contributed by atoms with Crippen LogP contribution in [0, 0.1) is 11.5 Å². The van der Waals surface area contributed by atoms with Gasteiger partial charge in [0.05, 0.1) is 0 Å². The number of carbonyl (C=O) groups is 1. The average molecular weight is 320 g/mol. The van der Waals surface area contributed by atoms with E-state index in [0.29, 0.717) is 10.5 Å². The lowest BCUT2D eigenvalue weighted by Crippen LogP contribution is -2.33. The molecule has 0 saturated heterocycles. The summed E-state index contributed by atoms with van der Waals surface area (Å²) in [6.45, 7) is 7.71. The molecule has 0 bridgehead atoms. The van der Waals surface area contributed by atoms with Gasteiger partial charge in [-0.2, -0.15) is 10.4 Å². The van der Waals surface area contributed by atoms with Gasteiger partial charge in [-0.25, -0.2) is 0 Å². The zero-order valence-corrected chi connectivity index (χ0v) is 13.3. The summed E-state index contributed by atoms with van der Waals surface area (Å²) in [5.41, 5.74) is 6.20. The first-order valence-corrected chi connectivity index (χ1v) is 7.07. The molecule has 7 nitrogen and oxygen atoms in total. The van der Waals surface area contributed by atoms with Crippen LogP contribution in [0.25, 0.3) is 0 Å². The van der Waals surface area contributed by atoms with E-state index in [1.165, 1.54) is 11.1 Å². The summed E-state index contributed by atoms with van der Waals surface area (Å²) in [5.74, 6) is 5.11. The fourth-order valence-electron chi connectivity index (χ4n) is 1.26. The Kier molecular flexibility index (Phi) is 9.71. The molecule has 1 amide bonds. The van der Waals surface area contributed by atoms with E-state index in [0.717, 1.165) is 11.8 Å². The second-order valence-electron chi connectivity index (χ2n) is 3.90. The zero-order valence-electron chi connectivity index (χ0n) is 12.5. The minimum Gasteiger partial charge on any atom is -0.404 e. The molecule has 0 radical (unpaired) electrons. The van der Waals surface area contributed by atoms with Crippen LogP contribution in [0.1, 0.15) is 6.42 Å². The second kappa shape index (κ2) is 11.0. The Bertz CT molecular complexity index is 544. The Morgan fingerprint density at radius 2 is 2.27 bits per heavy atom. The number of hydrogen-bond acceptors (Lipinski definition) is 7. The first-order valence-electron chi connectivity index (χ1n) is 6.26. The molecule has 0 aromatic heterocycles. The molecule has 0 unspecified atom stereocenters. The van der Waals surface area contributed by atoms with E-state index in [4.69, 9.17) is 16.8 Å². The van der Waals surface area contributed by atoms with Gasteiger partial charge < -0.3 is 16.9 Å². The summed E-state index contributed by atoms with van der Waals surface area (Å²) >= 11 is 1.12. The smallest absolute Gasteiger partial charge is 0.230 e. The molecule has 0 aliphatic rings. The van der Waals surface area contributed by atoms with Gasteiger partial charge in [0, 0.05) is 36.7 Å². The Morgan fingerprint density at radius 3 is 2.77 bits per heavy atom. The Hall–Kier alpha value is -2.66. The van der Waals surface area contributed by atoms with Crippen molar-refractivity contribution in [2.75, 3.05) is 13.6 Å². The van der Waals surface area contributed by atoms with Crippen molar-refractivity contribution in [1.29, 1.82) is 5.26 Å². The normalized spacial score (nSPS) is 11.8. The Labute approximate surface area is 134 Å². The molecule has 0 aliphatic heterocycles. The summed E-state index contributed by atoms with van der Waals surface area (Å²) < 4.78 is 0. The molecular formula is C14H20N6OS. The lowest BCUT2D eigenvalue weighted by atomic mass is 10.2. The highest BCUT2D eigenvalue weighted by Gasteiger charge is 2.17. The topological polar surface area (TPSA) is 121 Å². The van der Waals surface area contributed by atoms with Crippen LogP contribution in [-0.2, 0) is 4.79 Å². The number of nitrogens with two attached hydrogens (primary N) is 2. The number of carbonyl (C=O) groups excluding carboxylic acids is 1. The predicted molar refractivity (Wildman–Crippen MR) is 91.0 cm³/mol. The number of nitrogens with one attached hydrogen (secondary N) is 1. The van der Waals surface area contributed by atoms with Gasteiger partial charge in [0.2, 0.25) is 5.91 Å². The Morgan fingerprint density at radius 1 is 1.59 bits per heavy atom. The minimum atomic E-state index is -0.229. The lowest BCUT2D eigenvalue weighted by Gasteiger charge is -2.18. The molecule has 0 saturated carbocycles. The number of allylic oxidation sites excluding steroid dienone is 4.